The van der Waals surface area contributed by atoms with E-state index in [1.54, 1.807) is 0 Å². The van der Waals surface area contributed by atoms with Gasteiger partial charge in [0.15, 0.2) is 6.17 Å². The fourth-order valence-corrected chi connectivity index (χ4v) is 4.72. The van der Waals surface area contributed by atoms with Crippen LogP contribution in [0.3, 0.4) is 0 Å². The van der Waals surface area contributed by atoms with Crippen molar-refractivity contribution in [1.82, 2.24) is 0 Å². The highest BCUT2D eigenvalue weighted by Crippen LogP contribution is 2.68. The van der Waals surface area contributed by atoms with E-state index in [9.17, 15) is 48.3 Å². The van der Waals surface area contributed by atoms with Gasteiger partial charge in [0.05, 0.1) is 7.92 Å². The van der Waals surface area contributed by atoms with Crippen LogP contribution in [0.4, 0.5) is 48.3 Å². The van der Waals surface area contributed by atoms with Crippen molar-refractivity contribution in [3.63, 3.8) is 0 Å². The first-order valence-electron chi connectivity index (χ1n) is 8.49. The lowest BCUT2D eigenvalue weighted by Crippen LogP contribution is -2.45. The Morgan fingerprint density at radius 2 is 1.24 bits per heavy atom. The Hall–Kier alpha value is -1.12. The molecule has 168 valence electrons. The maximum Gasteiger partial charge on any atom is 0.458 e. The van der Waals surface area contributed by atoms with Crippen molar-refractivity contribution in [3.05, 3.63) is 30.3 Å². The van der Waals surface area contributed by atoms with Crippen LogP contribution in [-0.4, -0.2) is 29.9 Å². The predicted octanol–water partition coefficient (Wildman–Crippen LogP) is 7.78. The highest BCUT2D eigenvalue weighted by atomic mass is 31.1. The van der Waals surface area contributed by atoms with Crippen molar-refractivity contribution >= 4 is 13.2 Å². The van der Waals surface area contributed by atoms with Gasteiger partial charge >= 0.3 is 23.7 Å². The Bertz CT molecular complexity index is 610. The maximum absolute atomic E-state index is 14.5. The van der Waals surface area contributed by atoms with E-state index in [1.807, 2.05) is 0 Å². The lowest BCUT2D eigenvalue weighted by Gasteiger charge is -2.36. The largest absolute Gasteiger partial charge is 0.458 e. The minimum Gasteiger partial charge on any atom is -0.240 e. The van der Waals surface area contributed by atoms with Crippen LogP contribution in [0, 0.1) is 0 Å². The SMILES string of the molecule is FC(CCCCCCC(F)(F)F)C(F)(F)P(c1ccccc1)C(F)(F)C(F)(F)F. The van der Waals surface area contributed by atoms with E-state index < -0.39 is 55.9 Å². The van der Waals surface area contributed by atoms with E-state index in [4.69, 9.17) is 0 Å². The number of alkyl halides is 11. The highest BCUT2D eigenvalue weighted by molar-refractivity contribution is 7.68. The lowest BCUT2D eigenvalue weighted by atomic mass is 10.1. The smallest absolute Gasteiger partial charge is 0.240 e. The molecule has 0 aromatic heterocycles. The molecule has 0 spiro atoms. The van der Waals surface area contributed by atoms with Gasteiger partial charge in [-0.2, -0.15) is 43.9 Å². The third-order valence-electron chi connectivity index (χ3n) is 3.98. The first-order valence-corrected chi connectivity index (χ1v) is 9.83. The van der Waals surface area contributed by atoms with Crippen LogP contribution in [0.5, 0.6) is 0 Å². The predicted molar refractivity (Wildman–Crippen MR) is 87.6 cm³/mol. The summed E-state index contributed by atoms with van der Waals surface area (Å²) in [5.74, 6) is 0. The van der Waals surface area contributed by atoms with E-state index in [1.165, 1.54) is 6.07 Å². The highest BCUT2D eigenvalue weighted by Gasteiger charge is 2.70. The Morgan fingerprint density at radius 3 is 1.72 bits per heavy atom. The fourth-order valence-electron chi connectivity index (χ4n) is 2.54. The topological polar surface area (TPSA) is 0 Å². The van der Waals surface area contributed by atoms with E-state index >= 15 is 0 Å². The molecule has 0 aliphatic carbocycles. The molecule has 29 heavy (non-hydrogen) atoms. The summed E-state index contributed by atoms with van der Waals surface area (Å²) in [4.78, 5) is 0. The standard InChI is InChI=1S/C17H18F11P/c18-13(10-6-1-2-7-11-14(19,20)21)15(22,23)29(12-8-4-3-5-9-12)17(27,28)16(24,25)26/h3-5,8-9,13H,1-2,6-7,10-11H2. The second kappa shape index (κ2) is 9.79. The van der Waals surface area contributed by atoms with Crippen molar-refractivity contribution in [2.75, 3.05) is 0 Å². The average Bonchev–Trinajstić information content (AvgIpc) is 2.56. The van der Waals surface area contributed by atoms with Crippen molar-refractivity contribution in [1.29, 1.82) is 0 Å². The molecule has 0 amide bonds. The van der Waals surface area contributed by atoms with E-state index in [2.05, 4.69) is 0 Å². The first-order chi connectivity index (χ1) is 13.1. The molecular weight excluding hydrogens is 444 g/mol. The van der Waals surface area contributed by atoms with Crippen LogP contribution in [-0.2, 0) is 0 Å². The monoisotopic (exact) mass is 462 g/mol. The molecule has 0 saturated heterocycles. The van der Waals surface area contributed by atoms with E-state index in [-0.39, 0.29) is 25.7 Å². The van der Waals surface area contributed by atoms with Crippen LogP contribution in [0.2, 0.25) is 0 Å². The molecule has 0 aliphatic rings. The normalized spacial score (nSPS) is 16.0. The summed E-state index contributed by atoms with van der Waals surface area (Å²) in [5.41, 5.74) is -10.8. The third kappa shape index (κ3) is 7.26. The van der Waals surface area contributed by atoms with Crippen molar-refractivity contribution in [2.24, 2.45) is 0 Å². The van der Waals surface area contributed by atoms with Crippen LogP contribution in [0.15, 0.2) is 30.3 Å². The van der Waals surface area contributed by atoms with Gasteiger partial charge in [-0.15, -0.1) is 0 Å². The van der Waals surface area contributed by atoms with Gasteiger partial charge in [0.25, 0.3) is 0 Å². The maximum atomic E-state index is 14.5. The molecule has 0 radical (unpaired) electrons. The summed E-state index contributed by atoms with van der Waals surface area (Å²) in [7, 11) is -4.63. The number of benzene rings is 1. The van der Waals surface area contributed by atoms with Gasteiger partial charge in [0, 0.05) is 6.42 Å². The zero-order chi connectivity index (χ0) is 22.5. The van der Waals surface area contributed by atoms with E-state index in [0.29, 0.717) is 12.1 Å². The summed E-state index contributed by atoms with van der Waals surface area (Å²) in [6.45, 7) is 0. The van der Waals surface area contributed by atoms with Gasteiger partial charge in [0.2, 0.25) is 0 Å². The summed E-state index contributed by atoms with van der Waals surface area (Å²) in [5, 5.41) is -1.01. The van der Waals surface area contributed by atoms with Gasteiger partial charge < -0.3 is 0 Å². The van der Waals surface area contributed by atoms with Crippen LogP contribution in [0.1, 0.15) is 38.5 Å². The summed E-state index contributed by atoms with van der Waals surface area (Å²) >= 11 is 0. The lowest BCUT2D eigenvalue weighted by molar-refractivity contribution is -0.243. The molecule has 12 heteroatoms. The fraction of sp³-hybridized carbons (Fsp3) is 0.647. The number of unbranched alkanes of at least 4 members (excludes halogenated alkanes) is 3. The number of hydrogen-bond acceptors (Lipinski definition) is 0. The number of rotatable bonds is 10. The van der Waals surface area contributed by atoms with Crippen molar-refractivity contribution in [2.45, 2.75) is 68.4 Å². The van der Waals surface area contributed by atoms with Crippen LogP contribution < -0.4 is 5.30 Å². The molecule has 1 aromatic rings. The first kappa shape index (κ1) is 25.9. The van der Waals surface area contributed by atoms with Gasteiger partial charge in [-0.1, -0.05) is 49.6 Å². The third-order valence-corrected chi connectivity index (χ3v) is 6.49. The molecule has 0 aliphatic heterocycles. The molecule has 0 fully saturated rings. The minimum absolute atomic E-state index is 0.0655. The van der Waals surface area contributed by atoms with E-state index in [0.717, 1.165) is 12.1 Å². The molecular formula is C17H18F11P. The van der Waals surface area contributed by atoms with Gasteiger partial charge in [-0.05, 0) is 18.1 Å². The van der Waals surface area contributed by atoms with Crippen LogP contribution in [0.25, 0.3) is 0 Å². The van der Waals surface area contributed by atoms with Gasteiger partial charge in [0.1, 0.15) is 0 Å². The molecule has 1 aromatic carbocycles. The Balaban J connectivity index is 2.89. The minimum atomic E-state index is -6.31. The molecule has 2 unspecified atom stereocenters. The average molecular weight is 462 g/mol. The summed E-state index contributed by atoms with van der Waals surface area (Å²) in [6.07, 6.45) is -17.0. The summed E-state index contributed by atoms with van der Waals surface area (Å²) < 4.78 is 145. The van der Waals surface area contributed by atoms with Gasteiger partial charge in [-0.3, -0.25) is 0 Å². The zero-order valence-electron chi connectivity index (χ0n) is 14.8. The molecule has 1 rings (SSSR count). The molecule has 0 nitrogen and oxygen atoms in total. The second-order valence-corrected chi connectivity index (χ2v) is 8.68. The second-order valence-electron chi connectivity index (χ2n) is 6.33. The zero-order valence-corrected chi connectivity index (χ0v) is 15.7. The Morgan fingerprint density at radius 1 is 0.724 bits per heavy atom. The van der Waals surface area contributed by atoms with Crippen molar-refractivity contribution < 1.29 is 48.3 Å². The Kier molecular flexibility index (Phi) is 8.75. The van der Waals surface area contributed by atoms with Crippen molar-refractivity contribution in [3.8, 4) is 0 Å². The number of halogens is 11. The molecule has 0 heterocycles. The quantitative estimate of drug-likeness (QED) is 0.189. The van der Waals surface area contributed by atoms with Crippen LogP contribution >= 0.6 is 7.92 Å². The molecule has 0 bridgehead atoms. The summed E-state index contributed by atoms with van der Waals surface area (Å²) in [6, 6.07) is 4.50. The molecule has 2 atom stereocenters. The Labute approximate surface area is 161 Å². The molecule has 0 saturated carbocycles. The molecule has 0 N–H and O–H groups in total. The van der Waals surface area contributed by atoms with Gasteiger partial charge in [-0.25, -0.2) is 4.39 Å². The number of hydrogen-bond donors (Lipinski definition) is 0.